The van der Waals surface area contributed by atoms with Gasteiger partial charge in [0.2, 0.25) is 0 Å². The highest BCUT2D eigenvalue weighted by molar-refractivity contribution is 6.04. The first-order chi connectivity index (χ1) is 16.9. The van der Waals surface area contributed by atoms with Gasteiger partial charge >= 0.3 is 6.03 Å². The average molecular weight is 484 g/mol. The van der Waals surface area contributed by atoms with Gasteiger partial charge in [0.1, 0.15) is 0 Å². The first kappa shape index (κ1) is 26.0. The number of nitro groups is 1. The molecule has 0 bridgehead atoms. The minimum Gasteiger partial charge on any atom is -0.382 e. The van der Waals surface area contributed by atoms with E-state index in [1.807, 2.05) is 13.0 Å². The Kier molecular flexibility index (Phi) is 9.42. The molecule has 1 aliphatic heterocycles. The van der Waals surface area contributed by atoms with Crippen LogP contribution in [0.4, 0.5) is 27.5 Å². The highest BCUT2D eigenvalue weighted by atomic mass is 16.6. The Labute approximate surface area is 205 Å². The zero-order chi connectivity index (χ0) is 25.2. The highest BCUT2D eigenvalue weighted by Crippen LogP contribution is 2.29. The maximum Gasteiger partial charge on any atom is 0.323 e. The maximum atomic E-state index is 13.1. The molecule has 1 aliphatic rings. The van der Waals surface area contributed by atoms with Crippen LogP contribution in [-0.4, -0.2) is 49.7 Å². The van der Waals surface area contributed by atoms with Crippen molar-refractivity contribution in [3.63, 3.8) is 0 Å². The summed E-state index contributed by atoms with van der Waals surface area (Å²) in [5, 5.41) is 19.1. The van der Waals surface area contributed by atoms with E-state index in [1.54, 1.807) is 12.1 Å². The topological polar surface area (TPSA) is 126 Å². The number of urea groups is 1. The summed E-state index contributed by atoms with van der Waals surface area (Å²) in [5.74, 6) is 0.459. The van der Waals surface area contributed by atoms with Crippen molar-refractivity contribution in [3.8, 4) is 0 Å². The number of nitrogens with zero attached hydrogens (tertiary/aromatic N) is 2. The number of nitro benzene ring substituents is 1. The second-order valence-corrected chi connectivity index (χ2v) is 8.59. The van der Waals surface area contributed by atoms with E-state index in [0.29, 0.717) is 49.0 Å². The monoisotopic (exact) mass is 483 g/mol. The van der Waals surface area contributed by atoms with Crippen molar-refractivity contribution in [1.29, 1.82) is 0 Å². The molecule has 188 valence electrons. The molecule has 2 aromatic carbocycles. The molecule has 1 fully saturated rings. The molecular weight excluding hydrogens is 450 g/mol. The van der Waals surface area contributed by atoms with Gasteiger partial charge in [-0.2, -0.15) is 0 Å². The predicted octanol–water partition coefficient (Wildman–Crippen LogP) is 4.63. The highest BCUT2D eigenvalue weighted by Gasteiger charge is 2.22. The van der Waals surface area contributed by atoms with Gasteiger partial charge < -0.3 is 25.6 Å². The molecule has 0 saturated carbocycles. The van der Waals surface area contributed by atoms with E-state index in [9.17, 15) is 19.7 Å². The van der Waals surface area contributed by atoms with Crippen molar-refractivity contribution in [1.82, 2.24) is 5.32 Å². The van der Waals surface area contributed by atoms with Gasteiger partial charge in [-0.25, -0.2) is 4.79 Å². The van der Waals surface area contributed by atoms with Crippen molar-refractivity contribution < 1.29 is 19.2 Å². The van der Waals surface area contributed by atoms with Gasteiger partial charge in [0, 0.05) is 62.0 Å². The number of hydrogen-bond acceptors (Lipinski definition) is 6. The van der Waals surface area contributed by atoms with E-state index in [-0.39, 0.29) is 11.6 Å². The number of nitrogens with one attached hydrogen (secondary N) is 3. The molecule has 35 heavy (non-hydrogen) atoms. The fourth-order valence-corrected chi connectivity index (χ4v) is 3.90. The standard InChI is InChI=1S/C25H33N5O5/c1-3-35-16-4-13-26-24(31)22-17-20(7-10-23(22)29-14-11-18(2)12-15-29)28-25(32)27-19-5-8-21(9-6-19)30(33)34/h5-10,17-18H,3-4,11-16H2,1-2H3,(H,26,31)(H2,27,28,32). The molecule has 3 rings (SSSR count). The Morgan fingerprint density at radius 2 is 1.74 bits per heavy atom. The van der Waals surface area contributed by atoms with Crippen LogP contribution >= 0.6 is 0 Å². The molecule has 10 heteroatoms. The molecule has 1 saturated heterocycles. The molecule has 0 spiro atoms. The first-order valence-electron chi connectivity index (χ1n) is 11.9. The summed E-state index contributed by atoms with van der Waals surface area (Å²) < 4.78 is 5.33. The molecule has 2 aromatic rings. The van der Waals surface area contributed by atoms with Crippen LogP contribution < -0.4 is 20.9 Å². The largest absolute Gasteiger partial charge is 0.382 e. The van der Waals surface area contributed by atoms with E-state index in [1.165, 1.54) is 24.3 Å². The van der Waals surface area contributed by atoms with Crippen LogP contribution in [0.25, 0.3) is 0 Å². The van der Waals surface area contributed by atoms with Crippen LogP contribution in [0.15, 0.2) is 42.5 Å². The van der Waals surface area contributed by atoms with Gasteiger partial charge in [0.15, 0.2) is 0 Å². The van der Waals surface area contributed by atoms with Crippen LogP contribution in [0.5, 0.6) is 0 Å². The van der Waals surface area contributed by atoms with Crippen LogP contribution in [0.2, 0.25) is 0 Å². The molecule has 1 heterocycles. The van der Waals surface area contributed by atoms with E-state index in [0.717, 1.165) is 31.6 Å². The number of non-ortho nitro benzene ring substituents is 1. The Morgan fingerprint density at radius 1 is 1.09 bits per heavy atom. The van der Waals surface area contributed by atoms with E-state index in [2.05, 4.69) is 27.8 Å². The van der Waals surface area contributed by atoms with Crippen molar-refractivity contribution in [3.05, 3.63) is 58.1 Å². The summed E-state index contributed by atoms with van der Waals surface area (Å²) in [6.45, 7) is 7.63. The Balaban J connectivity index is 1.71. The third-order valence-corrected chi connectivity index (χ3v) is 5.91. The van der Waals surface area contributed by atoms with Crippen LogP contribution in [0, 0.1) is 16.0 Å². The fourth-order valence-electron chi connectivity index (χ4n) is 3.90. The van der Waals surface area contributed by atoms with E-state index in [4.69, 9.17) is 4.74 Å². The lowest BCUT2D eigenvalue weighted by atomic mass is 9.98. The second kappa shape index (κ2) is 12.7. The third-order valence-electron chi connectivity index (χ3n) is 5.91. The molecular formula is C25H33N5O5. The number of amides is 3. The maximum absolute atomic E-state index is 13.1. The summed E-state index contributed by atoms with van der Waals surface area (Å²) in [5.41, 5.74) is 2.18. The Bertz CT molecular complexity index is 1020. The summed E-state index contributed by atoms with van der Waals surface area (Å²) in [4.78, 5) is 38.1. The number of piperidine rings is 1. The fraction of sp³-hybridized carbons (Fsp3) is 0.440. The number of ether oxygens (including phenoxy) is 1. The number of carbonyl (C=O) groups excluding carboxylic acids is 2. The normalized spacial score (nSPS) is 13.8. The summed E-state index contributed by atoms with van der Waals surface area (Å²) in [7, 11) is 0. The number of anilines is 3. The summed E-state index contributed by atoms with van der Waals surface area (Å²) in [6.07, 6.45) is 2.84. The molecule has 0 unspecified atom stereocenters. The minimum absolute atomic E-state index is 0.0597. The first-order valence-corrected chi connectivity index (χ1v) is 11.9. The quantitative estimate of drug-likeness (QED) is 0.257. The second-order valence-electron chi connectivity index (χ2n) is 8.59. The molecule has 0 atom stereocenters. The van der Waals surface area contributed by atoms with Crippen molar-refractivity contribution in [2.75, 3.05) is 48.4 Å². The van der Waals surface area contributed by atoms with Crippen LogP contribution in [0.1, 0.15) is 43.5 Å². The van der Waals surface area contributed by atoms with Gasteiger partial charge in [0.25, 0.3) is 11.6 Å². The average Bonchev–Trinajstić information content (AvgIpc) is 2.84. The van der Waals surface area contributed by atoms with E-state index >= 15 is 0 Å². The molecule has 3 N–H and O–H groups in total. The predicted molar refractivity (Wildman–Crippen MR) is 136 cm³/mol. The molecule has 0 aliphatic carbocycles. The van der Waals surface area contributed by atoms with Crippen molar-refractivity contribution >= 4 is 34.7 Å². The van der Waals surface area contributed by atoms with Gasteiger partial charge in [-0.3, -0.25) is 14.9 Å². The van der Waals surface area contributed by atoms with Crippen molar-refractivity contribution in [2.45, 2.75) is 33.1 Å². The molecule has 0 radical (unpaired) electrons. The molecule has 0 aromatic heterocycles. The Morgan fingerprint density at radius 3 is 2.40 bits per heavy atom. The van der Waals surface area contributed by atoms with Gasteiger partial charge in [-0.15, -0.1) is 0 Å². The minimum atomic E-state index is -0.513. The van der Waals surface area contributed by atoms with Crippen LogP contribution in [0.3, 0.4) is 0 Å². The molecule has 3 amide bonds. The lowest BCUT2D eigenvalue weighted by Gasteiger charge is -2.33. The zero-order valence-electron chi connectivity index (χ0n) is 20.2. The number of carbonyl (C=O) groups is 2. The Hall–Kier alpha value is -3.66. The smallest absolute Gasteiger partial charge is 0.323 e. The van der Waals surface area contributed by atoms with Crippen LogP contribution in [-0.2, 0) is 4.74 Å². The summed E-state index contributed by atoms with van der Waals surface area (Å²) in [6, 6.07) is 10.4. The number of hydrogen-bond donors (Lipinski definition) is 3. The SMILES string of the molecule is CCOCCCNC(=O)c1cc(NC(=O)Nc2ccc([N+](=O)[O-])cc2)ccc1N1CCC(C)CC1. The van der Waals surface area contributed by atoms with Gasteiger partial charge in [-0.1, -0.05) is 6.92 Å². The lowest BCUT2D eigenvalue weighted by molar-refractivity contribution is -0.384. The van der Waals surface area contributed by atoms with Gasteiger partial charge in [0.05, 0.1) is 10.5 Å². The number of benzene rings is 2. The van der Waals surface area contributed by atoms with Gasteiger partial charge in [-0.05, 0) is 62.4 Å². The zero-order valence-corrected chi connectivity index (χ0v) is 20.2. The lowest BCUT2D eigenvalue weighted by Crippen LogP contribution is -2.35. The van der Waals surface area contributed by atoms with Crippen molar-refractivity contribution in [2.24, 2.45) is 5.92 Å². The summed E-state index contributed by atoms with van der Waals surface area (Å²) >= 11 is 0. The van der Waals surface area contributed by atoms with E-state index < -0.39 is 11.0 Å². The molecule has 10 nitrogen and oxygen atoms in total. The third kappa shape index (κ3) is 7.68. The number of rotatable bonds is 10.